The van der Waals surface area contributed by atoms with Crippen LogP contribution in [0, 0.1) is 0 Å². The van der Waals surface area contributed by atoms with Gasteiger partial charge in [0, 0.05) is 12.5 Å². The van der Waals surface area contributed by atoms with Gasteiger partial charge in [0.15, 0.2) is 5.70 Å². The van der Waals surface area contributed by atoms with Crippen molar-refractivity contribution in [3.05, 3.63) is 83.2 Å². The highest BCUT2D eigenvalue weighted by atomic mass is 19.4. The Balaban J connectivity index is 1.89. The molecule has 9 heteroatoms. The standard InChI is InChI=1S/C24H24F3N3O3/c1-16(24(25,26)27)29-14-19(30-22(23(29)32)20(31)15-33-13-12-28-30)21(17-8-4-2-5-9-17)18-10-6-3-7-11-18/h2-12,16,19,21,31H,13-15H2,1H3/b22-20?,28-12-/t16-,19?/m1/s1. The molecule has 2 aliphatic heterocycles. The lowest BCUT2D eigenvalue weighted by Gasteiger charge is -2.46. The Hall–Kier alpha value is -3.33. The molecular formula is C24H24F3N3O3. The SMILES string of the molecule is C[C@@H](N1CC(C(c2ccccc2)c2ccccc2)N2/N=C\COCC(O)=C2C1=O)C(F)(F)F. The number of ether oxygens (including phenoxy) is 1. The fourth-order valence-electron chi connectivity index (χ4n) is 4.27. The van der Waals surface area contributed by atoms with Crippen LogP contribution < -0.4 is 0 Å². The number of fused-ring (bicyclic) bond motifs is 1. The molecule has 0 bridgehead atoms. The third kappa shape index (κ3) is 4.59. The minimum atomic E-state index is -4.63. The van der Waals surface area contributed by atoms with Crippen molar-refractivity contribution >= 4 is 12.1 Å². The van der Waals surface area contributed by atoms with E-state index in [0.29, 0.717) is 0 Å². The average Bonchev–Trinajstić information content (AvgIpc) is 2.79. The van der Waals surface area contributed by atoms with E-state index in [2.05, 4.69) is 5.10 Å². The molecule has 2 aromatic carbocycles. The Morgan fingerprint density at radius 2 is 1.64 bits per heavy atom. The highest BCUT2D eigenvalue weighted by Gasteiger charge is 2.50. The number of piperazine rings is 1. The van der Waals surface area contributed by atoms with Crippen molar-refractivity contribution in [2.75, 3.05) is 19.8 Å². The van der Waals surface area contributed by atoms with Gasteiger partial charge in [-0.3, -0.25) is 9.80 Å². The van der Waals surface area contributed by atoms with E-state index in [4.69, 9.17) is 4.74 Å². The number of alkyl halides is 3. The number of nitrogens with zero attached hydrogens (tertiary/aromatic N) is 3. The van der Waals surface area contributed by atoms with Gasteiger partial charge in [0.1, 0.15) is 18.4 Å². The number of rotatable bonds is 4. The summed E-state index contributed by atoms with van der Waals surface area (Å²) in [5, 5.41) is 16.4. The third-order valence-electron chi connectivity index (χ3n) is 5.94. The van der Waals surface area contributed by atoms with Gasteiger partial charge >= 0.3 is 6.18 Å². The maximum atomic E-state index is 13.7. The monoisotopic (exact) mass is 459 g/mol. The summed E-state index contributed by atoms with van der Waals surface area (Å²) in [4.78, 5) is 14.0. The fourth-order valence-corrected chi connectivity index (χ4v) is 4.27. The molecule has 2 heterocycles. The summed E-state index contributed by atoms with van der Waals surface area (Å²) >= 11 is 0. The second-order valence-corrected chi connectivity index (χ2v) is 7.99. The topological polar surface area (TPSA) is 65.4 Å². The molecule has 0 aliphatic carbocycles. The number of carbonyl (C=O) groups excluding carboxylic acids is 1. The van der Waals surface area contributed by atoms with Gasteiger partial charge in [0.25, 0.3) is 5.91 Å². The van der Waals surface area contributed by atoms with Crippen LogP contribution in [0.2, 0.25) is 0 Å². The summed E-state index contributed by atoms with van der Waals surface area (Å²) in [5.41, 5.74) is 1.42. The molecule has 2 atom stereocenters. The van der Waals surface area contributed by atoms with Gasteiger partial charge in [-0.2, -0.15) is 18.3 Å². The third-order valence-corrected chi connectivity index (χ3v) is 5.94. The minimum Gasteiger partial charge on any atom is -0.507 e. The van der Waals surface area contributed by atoms with Crippen LogP contribution in [0.15, 0.2) is 77.2 Å². The first-order valence-electron chi connectivity index (χ1n) is 10.6. The van der Waals surface area contributed by atoms with Crippen molar-refractivity contribution in [1.82, 2.24) is 9.91 Å². The Bertz CT molecular complexity index is 1000. The first kappa shape index (κ1) is 22.8. The molecule has 0 saturated carbocycles. The van der Waals surface area contributed by atoms with Crippen molar-refractivity contribution in [3.63, 3.8) is 0 Å². The number of aliphatic hydroxyl groups is 1. The zero-order valence-corrected chi connectivity index (χ0v) is 17.9. The van der Waals surface area contributed by atoms with Crippen molar-refractivity contribution in [3.8, 4) is 0 Å². The number of amides is 1. The van der Waals surface area contributed by atoms with E-state index >= 15 is 0 Å². The molecular weight excluding hydrogens is 435 g/mol. The summed E-state index contributed by atoms with van der Waals surface area (Å²) < 4.78 is 46.4. The molecule has 2 aromatic rings. The molecule has 1 unspecified atom stereocenters. The van der Waals surface area contributed by atoms with Crippen LogP contribution >= 0.6 is 0 Å². The van der Waals surface area contributed by atoms with Crippen LogP contribution in [0.5, 0.6) is 0 Å². The van der Waals surface area contributed by atoms with E-state index in [1.807, 2.05) is 60.7 Å². The van der Waals surface area contributed by atoms with E-state index in [0.717, 1.165) is 23.0 Å². The van der Waals surface area contributed by atoms with Crippen LogP contribution in [-0.4, -0.2) is 65.2 Å². The first-order chi connectivity index (χ1) is 15.8. The van der Waals surface area contributed by atoms with Gasteiger partial charge in [-0.05, 0) is 18.1 Å². The normalized spacial score (nSPS) is 21.5. The Labute approximate surface area is 189 Å². The molecule has 0 spiro atoms. The van der Waals surface area contributed by atoms with Gasteiger partial charge in [0.2, 0.25) is 0 Å². The lowest BCUT2D eigenvalue weighted by atomic mass is 9.83. The van der Waals surface area contributed by atoms with E-state index < -0.39 is 35.8 Å². The lowest BCUT2D eigenvalue weighted by Crippen LogP contribution is -2.60. The number of halogens is 3. The van der Waals surface area contributed by atoms with Crippen LogP contribution in [0.3, 0.4) is 0 Å². The number of hydrazone groups is 1. The molecule has 1 fully saturated rings. The fraction of sp³-hybridized carbons (Fsp3) is 0.333. The molecule has 4 rings (SSSR count). The number of aliphatic hydroxyl groups excluding tert-OH is 1. The van der Waals surface area contributed by atoms with Crippen molar-refractivity contribution in [2.45, 2.75) is 31.1 Å². The van der Waals surface area contributed by atoms with Crippen molar-refractivity contribution < 1.29 is 27.8 Å². The smallest absolute Gasteiger partial charge is 0.408 e. The predicted octanol–water partition coefficient (Wildman–Crippen LogP) is 4.07. The molecule has 1 amide bonds. The quantitative estimate of drug-likeness (QED) is 0.749. The summed E-state index contributed by atoms with van der Waals surface area (Å²) in [6.07, 6.45) is -3.18. The van der Waals surface area contributed by atoms with Crippen LogP contribution in [-0.2, 0) is 9.53 Å². The zero-order chi connectivity index (χ0) is 23.6. The first-order valence-corrected chi connectivity index (χ1v) is 10.6. The molecule has 33 heavy (non-hydrogen) atoms. The van der Waals surface area contributed by atoms with Gasteiger partial charge in [0.05, 0.1) is 18.9 Å². The summed E-state index contributed by atoms with van der Waals surface area (Å²) in [7, 11) is 0. The average molecular weight is 459 g/mol. The Morgan fingerprint density at radius 3 is 2.18 bits per heavy atom. The lowest BCUT2D eigenvalue weighted by molar-refractivity contribution is -0.189. The van der Waals surface area contributed by atoms with Crippen LogP contribution in [0.25, 0.3) is 0 Å². The maximum absolute atomic E-state index is 13.7. The van der Waals surface area contributed by atoms with Crippen molar-refractivity contribution in [1.29, 1.82) is 0 Å². The van der Waals surface area contributed by atoms with E-state index in [1.54, 1.807) is 0 Å². The second-order valence-electron chi connectivity index (χ2n) is 7.99. The van der Waals surface area contributed by atoms with Crippen molar-refractivity contribution in [2.24, 2.45) is 5.10 Å². The zero-order valence-electron chi connectivity index (χ0n) is 17.9. The molecule has 6 nitrogen and oxygen atoms in total. The van der Waals surface area contributed by atoms with E-state index in [1.165, 1.54) is 11.2 Å². The molecule has 1 N–H and O–H groups in total. The summed E-state index contributed by atoms with van der Waals surface area (Å²) in [6.45, 7) is 0.512. The van der Waals surface area contributed by atoms with Gasteiger partial charge in [-0.25, -0.2) is 0 Å². The van der Waals surface area contributed by atoms with Gasteiger partial charge < -0.3 is 14.7 Å². The predicted molar refractivity (Wildman–Crippen MR) is 117 cm³/mol. The van der Waals surface area contributed by atoms with Gasteiger partial charge in [-0.15, -0.1) is 0 Å². The maximum Gasteiger partial charge on any atom is 0.408 e. The molecule has 2 aliphatic rings. The number of carbonyl (C=O) groups is 1. The summed E-state index contributed by atoms with van der Waals surface area (Å²) in [6, 6.07) is 16.0. The number of hydrogen-bond donors (Lipinski definition) is 1. The summed E-state index contributed by atoms with van der Waals surface area (Å²) in [5.74, 6) is -1.80. The Kier molecular flexibility index (Phi) is 6.42. The molecule has 0 radical (unpaired) electrons. The molecule has 1 saturated heterocycles. The largest absolute Gasteiger partial charge is 0.507 e. The highest BCUT2D eigenvalue weighted by molar-refractivity contribution is 5.94. The van der Waals surface area contributed by atoms with Gasteiger partial charge in [-0.1, -0.05) is 60.7 Å². The van der Waals surface area contributed by atoms with E-state index in [-0.39, 0.29) is 25.5 Å². The number of benzene rings is 2. The van der Waals surface area contributed by atoms with Crippen LogP contribution in [0.4, 0.5) is 13.2 Å². The second kappa shape index (κ2) is 9.27. The van der Waals surface area contributed by atoms with Crippen LogP contribution in [0.1, 0.15) is 24.0 Å². The minimum absolute atomic E-state index is 0.0960. The molecule has 174 valence electrons. The number of hydrogen-bond acceptors (Lipinski definition) is 5. The molecule has 0 aromatic heterocycles. The van der Waals surface area contributed by atoms with E-state index in [9.17, 15) is 23.1 Å². The Morgan fingerprint density at radius 1 is 1.06 bits per heavy atom. The highest BCUT2D eigenvalue weighted by Crippen LogP contribution is 2.39.